The third-order valence-electron chi connectivity index (χ3n) is 3.23. The van der Waals surface area contributed by atoms with Gasteiger partial charge in [0, 0.05) is 15.6 Å². The number of hydrogen-bond acceptors (Lipinski definition) is 7. The average molecular weight is 423 g/mol. The lowest BCUT2D eigenvalue weighted by Gasteiger charge is -2.04. The predicted molar refractivity (Wildman–Crippen MR) is 104 cm³/mol. The van der Waals surface area contributed by atoms with Crippen molar-refractivity contribution in [2.45, 2.75) is 5.16 Å². The fourth-order valence-corrected chi connectivity index (χ4v) is 2.97. The van der Waals surface area contributed by atoms with Gasteiger partial charge in [-0.05, 0) is 52.9 Å². The van der Waals surface area contributed by atoms with Crippen molar-refractivity contribution in [3.63, 3.8) is 0 Å². The van der Waals surface area contributed by atoms with Crippen molar-refractivity contribution in [3.05, 3.63) is 58.1 Å². The van der Waals surface area contributed by atoms with Crippen LogP contribution in [0.15, 0.2) is 52.7 Å². The molecule has 1 aromatic heterocycles. The molecule has 0 atom stereocenters. The fraction of sp³-hybridized carbons (Fsp3) is 0.0625. The standard InChI is InChI=1S/C16H12Cl2N6O2S/c17-11-1-4-13(5-2-11)24-16(21-22-23-24)27-9-15(26)20-19-8-10-7-12(18)3-6-14(10)25/h1-8,25H,9H2,(H,20,26)/b19-8+. The molecule has 0 aliphatic heterocycles. The molecule has 27 heavy (non-hydrogen) atoms. The van der Waals surface area contributed by atoms with Gasteiger partial charge in [-0.25, -0.2) is 5.43 Å². The number of aromatic nitrogens is 4. The van der Waals surface area contributed by atoms with Crippen LogP contribution in [0, 0.1) is 0 Å². The lowest BCUT2D eigenvalue weighted by molar-refractivity contribution is -0.118. The molecule has 0 unspecified atom stereocenters. The van der Waals surface area contributed by atoms with Crippen molar-refractivity contribution in [1.82, 2.24) is 25.6 Å². The zero-order valence-corrected chi connectivity index (χ0v) is 15.9. The Labute approximate surface area is 168 Å². The molecular weight excluding hydrogens is 411 g/mol. The van der Waals surface area contributed by atoms with E-state index in [2.05, 4.69) is 26.1 Å². The second-order valence-electron chi connectivity index (χ2n) is 5.13. The summed E-state index contributed by atoms with van der Waals surface area (Å²) in [5.41, 5.74) is 3.48. The van der Waals surface area contributed by atoms with Crippen LogP contribution in [0.4, 0.5) is 0 Å². The second kappa shape index (κ2) is 8.85. The summed E-state index contributed by atoms with van der Waals surface area (Å²) >= 11 is 12.9. The van der Waals surface area contributed by atoms with Gasteiger partial charge in [-0.2, -0.15) is 9.78 Å². The number of halogens is 2. The summed E-state index contributed by atoms with van der Waals surface area (Å²) < 4.78 is 1.50. The summed E-state index contributed by atoms with van der Waals surface area (Å²) in [7, 11) is 0. The minimum Gasteiger partial charge on any atom is -0.507 e. The smallest absolute Gasteiger partial charge is 0.250 e. The molecule has 3 rings (SSSR count). The predicted octanol–water partition coefficient (Wildman–Crippen LogP) is 2.92. The summed E-state index contributed by atoms with van der Waals surface area (Å²) in [5, 5.41) is 26.4. The highest BCUT2D eigenvalue weighted by atomic mass is 35.5. The van der Waals surface area contributed by atoms with Gasteiger partial charge in [0.1, 0.15) is 5.75 Å². The van der Waals surface area contributed by atoms with Crippen molar-refractivity contribution in [2.75, 3.05) is 5.75 Å². The van der Waals surface area contributed by atoms with Crippen LogP contribution in [0.2, 0.25) is 10.0 Å². The topological polar surface area (TPSA) is 105 Å². The number of thioether (sulfide) groups is 1. The van der Waals surface area contributed by atoms with Crippen LogP contribution in [-0.2, 0) is 4.79 Å². The quantitative estimate of drug-likeness (QED) is 0.359. The highest BCUT2D eigenvalue weighted by Crippen LogP contribution is 2.20. The largest absolute Gasteiger partial charge is 0.507 e. The summed E-state index contributed by atoms with van der Waals surface area (Å²) in [6.07, 6.45) is 1.31. The lowest BCUT2D eigenvalue weighted by atomic mass is 10.2. The zero-order chi connectivity index (χ0) is 19.2. The number of nitrogens with zero attached hydrogens (tertiary/aromatic N) is 5. The normalized spacial score (nSPS) is 11.0. The first kappa shape index (κ1) is 19.2. The van der Waals surface area contributed by atoms with Gasteiger partial charge in [-0.1, -0.05) is 35.0 Å². The van der Waals surface area contributed by atoms with Gasteiger partial charge in [0.05, 0.1) is 17.7 Å². The van der Waals surface area contributed by atoms with Crippen LogP contribution >= 0.6 is 35.0 Å². The summed E-state index contributed by atoms with van der Waals surface area (Å²) in [4.78, 5) is 11.9. The third kappa shape index (κ3) is 5.19. The first-order valence-corrected chi connectivity index (χ1v) is 9.24. The van der Waals surface area contributed by atoms with Crippen LogP contribution in [0.5, 0.6) is 5.75 Å². The Bertz CT molecular complexity index is 977. The molecule has 8 nitrogen and oxygen atoms in total. The molecule has 0 aliphatic rings. The van der Waals surface area contributed by atoms with Gasteiger partial charge in [0.15, 0.2) is 0 Å². The first-order valence-electron chi connectivity index (χ1n) is 7.50. The number of carbonyl (C=O) groups excluding carboxylic acids is 1. The minimum atomic E-state index is -0.358. The van der Waals surface area contributed by atoms with Gasteiger partial charge < -0.3 is 5.11 Å². The summed E-state index contributed by atoms with van der Waals surface area (Å²) in [6, 6.07) is 11.5. The van der Waals surface area contributed by atoms with Crippen LogP contribution in [0.25, 0.3) is 5.69 Å². The number of phenols is 1. The summed E-state index contributed by atoms with van der Waals surface area (Å²) in [5.74, 6) is -0.301. The SMILES string of the molecule is O=C(CSc1nnnn1-c1ccc(Cl)cc1)N/N=C/c1cc(Cl)ccc1O. The highest BCUT2D eigenvalue weighted by Gasteiger charge is 2.11. The first-order chi connectivity index (χ1) is 13.0. The van der Waals surface area contributed by atoms with Gasteiger partial charge >= 0.3 is 0 Å². The molecule has 0 spiro atoms. The maximum atomic E-state index is 11.9. The van der Waals surface area contributed by atoms with E-state index in [1.807, 2.05) is 0 Å². The monoisotopic (exact) mass is 422 g/mol. The van der Waals surface area contributed by atoms with E-state index in [9.17, 15) is 9.90 Å². The molecule has 1 amide bonds. The molecule has 1 heterocycles. The second-order valence-corrected chi connectivity index (χ2v) is 6.95. The highest BCUT2D eigenvalue weighted by molar-refractivity contribution is 7.99. The van der Waals surface area contributed by atoms with E-state index < -0.39 is 0 Å². The molecule has 0 bridgehead atoms. The number of aromatic hydroxyl groups is 1. The van der Waals surface area contributed by atoms with Gasteiger partial charge in [-0.3, -0.25) is 4.79 Å². The van der Waals surface area contributed by atoms with Crippen molar-refractivity contribution in [2.24, 2.45) is 5.10 Å². The van der Waals surface area contributed by atoms with Crippen molar-refractivity contribution >= 4 is 47.1 Å². The van der Waals surface area contributed by atoms with Crippen LogP contribution < -0.4 is 5.43 Å². The number of carbonyl (C=O) groups is 1. The fourth-order valence-electron chi connectivity index (χ4n) is 1.98. The number of rotatable bonds is 6. The Kier molecular flexibility index (Phi) is 6.28. The Morgan fingerprint density at radius 3 is 2.74 bits per heavy atom. The van der Waals surface area contributed by atoms with E-state index in [-0.39, 0.29) is 17.4 Å². The molecule has 2 aromatic carbocycles. The molecule has 0 radical (unpaired) electrons. The van der Waals surface area contributed by atoms with Gasteiger partial charge in [0.2, 0.25) is 5.16 Å². The number of phenolic OH excluding ortho intramolecular Hbond substituents is 1. The maximum absolute atomic E-state index is 11.9. The summed E-state index contributed by atoms with van der Waals surface area (Å²) in [6.45, 7) is 0. The van der Waals surface area contributed by atoms with Crippen molar-refractivity contribution in [1.29, 1.82) is 0 Å². The lowest BCUT2D eigenvalue weighted by Crippen LogP contribution is -2.20. The van der Waals surface area contributed by atoms with E-state index in [1.165, 1.54) is 23.0 Å². The number of amides is 1. The zero-order valence-electron chi connectivity index (χ0n) is 13.6. The molecule has 2 N–H and O–H groups in total. The maximum Gasteiger partial charge on any atom is 0.250 e. The van der Waals surface area contributed by atoms with Gasteiger partial charge in [0.25, 0.3) is 5.91 Å². The number of tetrazole rings is 1. The molecular formula is C16H12Cl2N6O2S. The Hall–Kier alpha value is -2.62. The third-order valence-corrected chi connectivity index (χ3v) is 4.63. The number of benzene rings is 2. The van der Waals surface area contributed by atoms with Crippen molar-refractivity contribution in [3.8, 4) is 11.4 Å². The average Bonchev–Trinajstić information content (AvgIpc) is 3.12. The van der Waals surface area contributed by atoms with Crippen LogP contribution in [-0.4, -0.2) is 43.2 Å². The Balaban J connectivity index is 1.57. The van der Waals surface area contributed by atoms with E-state index >= 15 is 0 Å². The number of hydrazone groups is 1. The molecule has 0 aliphatic carbocycles. The Morgan fingerprint density at radius 2 is 1.96 bits per heavy atom. The number of hydrogen-bond donors (Lipinski definition) is 2. The van der Waals surface area contributed by atoms with Crippen molar-refractivity contribution < 1.29 is 9.90 Å². The number of nitrogens with one attached hydrogen (secondary N) is 1. The molecule has 3 aromatic rings. The van der Waals surface area contributed by atoms with E-state index in [4.69, 9.17) is 23.2 Å². The van der Waals surface area contributed by atoms with E-state index in [0.29, 0.717) is 20.8 Å². The molecule has 11 heteroatoms. The molecule has 138 valence electrons. The van der Waals surface area contributed by atoms with E-state index in [0.717, 1.165) is 17.4 Å². The Morgan fingerprint density at radius 1 is 1.22 bits per heavy atom. The van der Waals surface area contributed by atoms with Gasteiger partial charge in [-0.15, -0.1) is 5.10 Å². The van der Waals surface area contributed by atoms with E-state index in [1.54, 1.807) is 30.3 Å². The minimum absolute atomic E-state index is 0.00825. The molecule has 0 saturated heterocycles. The molecule has 0 fully saturated rings. The van der Waals surface area contributed by atoms with Crippen LogP contribution in [0.1, 0.15) is 5.56 Å². The molecule has 0 saturated carbocycles. The van der Waals surface area contributed by atoms with Crippen LogP contribution in [0.3, 0.4) is 0 Å².